The van der Waals surface area contributed by atoms with Crippen LogP contribution in [0.25, 0.3) is 0 Å². The fraction of sp³-hybridized carbons (Fsp3) is 0.480. The highest BCUT2D eigenvalue weighted by Crippen LogP contribution is 2.34. The molecule has 0 aliphatic carbocycles. The van der Waals surface area contributed by atoms with Crippen molar-refractivity contribution in [3.8, 4) is 0 Å². The lowest BCUT2D eigenvalue weighted by Crippen LogP contribution is -2.44. The van der Waals surface area contributed by atoms with Crippen LogP contribution < -0.4 is 5.32 Å². The Labute approximate surface area is 195 Å². The molecule has 1 atom stereocenters. The molecule has 0 radical (unpaired) electrons. The zero-order chi connectivity index (χ0) is 23.5. The molecule has 2 fully saturated rings. The van der Waals surface area contributed by atoms with Crippen molar-refractivity contribution >= 4 is 15.9 Å². The van der Waals surface area contributed by atoms with E-state index in [0.29, 0.717) is 44.7 Å². The first-order valence-corrected chi connectivity index (χ1v) is 13.0. The molecule has 0 bridgehead atoms. The SMILES string of the molecule is CC1CCCCN1S(=O)(=O)c1ccc(C(=O)NCC2(c3cccc(F)c3)CCOCC2)cc1. The molecule has 33 heavy (non-hydrogen) atoms. The van der Waals surface area contributed by atoms with Crippen LogP contribution in [0.4, 0.5) is 4.39 Å². The number of carbonyl (C=O) groups is 1. The van der Waals surface area contributed by atoms with Gasteiger partial charge in [0.15, 0.2) is 0 Å². The minimum absolute atomic E-state index is 0.0230. The van der Waals surface area contributed by atoms with Crippen molar-refractivity contribution in [3.05, 3.63) is 65.5 Å². The number of carbonyl (C=O) groups excluding carboxylic acids is 1. The summed E-state index contributed by atoms with van der Waals surface area (Å²) in [7, 11) is -3.58. The van der Waals surface area contributed by atoms with E-state index in [9.17, 15) is 17.6 Å². The van der Waals surface area contributed by atoms with Crippen molar-refractivity contribution in [2.75, 3.05) is 26.3 Å². The number of sulfonamides is 1. The maximum Gasteiger partial charge on any atom is 0.251 e. The molecule has 6 nitrogen and oxygen atoms in total. The van der Waals surface area contributed by atoms with Gasteiger partial charge in [0.05, 0.1) is 4.90 Å². The summed E-state index contributed by atoms with van der Waals surface area (Å²) in [5.41, 5.74) is 0.842. The Balaban J connectivity index is 1.47. The third kappa shape index (κ3) is 5.13. The minimum Gasteiger partial charge on any atom is -0.381 e. The number of amides is 1. The van der Waals surface area contributed by atoms with Gasteiger partial charge in [0.25, 0.3) is 5.91 Å². The Morgan fingerprint density at radius 1 is 1.15 bits per heavy atom. The molecule has 0 spiro atoms. The number of hydrogen-bond acceptors (Lipinski definition) is 4. The largest absolute Gasteiger partial charge is 0.381 e. The summed E-state index contributed by atoms with van der Waals surface area (Å²) in [4.78, 5) is 13.1. The molecule has 2 aromatic rings. The van der Waals surface area contributed by atoms with Crippen LogP contribution in [0.1, 0.15) is 54.9 Å². The molecule has 1 amide bonds. The highest BCUT2D eigenvalue weighted by molar-refractivity contribution is 7.89. The lowest BCUT2D eigenvalue weighted by atomic mass is 9.74. The molecule has 0 aromatic heterocycles. The lowest BCUT2D eigenvalue weighted by Gasteiger charge is -2.38. The van der Waals surface area contributed by atoms with E-state index in [1.165, 1.54) is 24.3 Å². The van der Waals surface area contributed by atoms with Crippen molar-refractivity contribution in [1.82, 2.24) is 9.62 Å². The second-order valence-corrected chi connectivity index (χ2v) is 11.0. The number of halogens is 1. The van der Waals surface area contributed by atoms with E-state index in [2.05, 4.69) is 5.32 Å². The van der Waals surface area contributed by atoms with Crippen molar-refractivity contribution in [1.29, 1.82) is 0 Å². The highest BCUT2D eigenvalue weighted by atomic mass is 32.2. The molecule has 178 valence electrons. The molecule has 4 rings (SSSR count). The second kappa shape index (κ2) is 9.91. The van der Waals surface area contributed by atoms with Gasteiger partial charge < -0.3 is 10.1 Å². The van der Waals surface area contributed by atoms with Gasteiger partial charge in [-0.3, -0.25) is 4.79 Å². The Hall–Kier alpha value is -2.29. The zero-order valence-electron chi connectivity index (χ0n) is 18.9. The first-order chi connectivity index (χ1) is 15.8. The van der Waals surface area contributed by atoms with Crippen LogP contribution in [-0.4, -0.2) is 51.0 Å². The van der Waals surface area contributed by atoms with E-state index >= 15 is 0 Å². The maximum atomic E-state index is 13.9. The van der Waals surface area contributed by atoms with Crippen LogP contribution in [0.3, 0.4) is 0 Å². The minimum atomic E-state index is -3.58. The molecule has 2 aliphatic heterocycles. The van der Waals surface area contributed by atoms with Crippen LogP contribution in [0.5, 0.6) is 0 Å². The van der Waals surface area contributed by atoms with Crippen LogP contribution in [0, 0.1) is 5.82 Å². The number of hydrogen-bond donors (Lipinski definition) is 1. The smallest absolute Gasteiger partial charge is 0.251 e. The molecular weight excluding hydrogens is 443 g/mol. The van der Waals surface area contributed by atoms with Gasteiger partial charge in [-0.05, 0) is 74.6 Å². The standard InChI is InChI=1S/C25H31FN2O4S/c1-19-5-2-3-14-28(19)33(30,31)23-10-8-20(9-11-23)24(29)27-18-25(12-15-32-16-13-25)21-6-4-7-22(26)17-21/h4,6-11,17,19H,2-3,5,12-16,18H2,1H3,(H,27,29). The van der Waals surface area contributed by atoms with E-state index < -0.39 is 15.4 Å². The van der Waals surface area contributed by atoms with Crippen LogP contribution in [0.15, 0.2) is 53.4 Å². The van der Waals surface area contributed by atoms with Gasteiger partial charge in [-0.1, -0.05) is 18.6 Å². The third-order valence-electron chi connectivity index (χ3n) is 6.94. The van der Waals surface area contributed by atoms with Gasteiger partial charge in [-0.15, -0.1) is 0 Å². The summed E-state index contributed by atoms with van der Waals surface area (Å²) in [6.45, 7) is 3.91. The van der Waals surface area contributed by atoms with Gasteiger partial charge in [0.1, 0.15) is 5.82 Å². The first kappa shape index (κ1) is 23.9. The molecule has 1 N–H and O–H groups in total. The second-order valence-electron chi connectivity index (χ2n) is 9.07. The quantitative estimate of drug-likeness (QED) is 0.690. The van der Waals surface area contributed by atoms with E-state index in [1.54, 1.807) is 22.5 Å². The molecule has 8 heteroatoms. The number of rotatable bonds is 6. The van der Waals surface area contributed by atoms with Gasteiger partial charge in [-0.2, -0.15) is 4.31 Å². The van der Waals surface area contributed by atoms with Gasteiger partial charge in [0, 0.05) is 43.3 Å². The van der Waals surface area contributed by atoms with E-state index in [0.717, 1.165) is 24.8 Å². The molecule has 1 unspecified atom stereocenters. The number of benzene rings is 2. The summed E-state index contributed by atoms with van der Waals surface area (Å²) in [6.07, 6.45) is 4.12. The highest BCUT2D eigenvalue weighted by Gasteiger charge is 2.35. The Bertz CT molecular complexity index is 1080. The summed E-state index contributed by atoms with van der Waals surface area (Å²) < 4.78 is 47.0. The van der Waals surface area contributed by atoms with E-state index in [1.807, 2.05) is 13.0 Å². The van der Waals surface area contributed by atoms with Crippen molar-refractivity contribution in [3.63, 3.8) is 0 Å². The van der Waals surface area contributed by atoms with Crippen LogP contribution in [-0.2, 0) is 20.2 Å². The van der Waals surface area contributed by atoms with Gasteiger partial charge in [-0.25, -0.2) is 12.8 Å². The van der Waals surface area contributed by atoms with E-state index in [-0.39, 0.29) is 22.7 Å². The molecule has 2 heterocycles. The molecule has 2 aliphatic rings. The summed E-state index contributed by atoms with van der Waals surface area (Å²) in [5, 5.41) is 2.98. The fourth-order valence-corrected chi connectivity index (χ4v) is 6.54. The maximum absolute atomic E-state index is 13.9. The van der Waals surface area contributed by atoms with Crippen molar-refractivity contribution in [2.45, 2.75) is 55.4 Å². The third-order valence-corrected chi connectivity index (χ3v) is 8.97. The van der Waals surface area contributed by atoms with Crippen LogP contribution in [0.2, 0.25) is 0 Å². The normalized spacial score (nSPS) is 21.5. The fourth-order valence-electron chi connectivity index (χ4n) is 4.84. The number of nitrogens with zero attached hydrogens (tertiary/aromatic N) is 1. The number of nitrogens with one attached hydrogen (secondary N) is 1. The Kier molecular flexibility index (Phi) is 7.16. The average Bonchev–Trinajstić information content (AvgIpc) is 2.83. The number of ether oxygens (including phenoxy) is 1. The predicted octanol–water partition coefficient (Wildman–Crippen LogP) is 3.87. The topological polar surface area (TPSA) is 75.7 Å². The van der Waals surface area contributed by atoms with Gasteiger partial charge in [0.2, 0.25) is 10.0 Å². The monoisotopic (exact) mass is 474 g/mol. The van der Waals surface area contributed by atoms with E-state index in [4.69, 9.17) is 4.74 Å². The van der Waals surface area contributed by atoms with Crippen molar-refractivity contribution in [2.24, 2.45) is 0 Å². The molecule has 2 saturated heterocycles. The van der Waals surface area contributed by atoms with Crippen molar-refractivity contribution < 1.29 is 22.3 Å². The summed E-state index contributed by atoms with van der Waals surface area (Å²) >= 11 is 0. The molecule has 0 saturated carbocycles. The van der Waals surface area contributed by atoms with Crippen LogP contribution >= 0.6 is 0 Å². The average molecular weight is 475 g/mol. The zero-order valence-corrected chi connectivity index (χ0v) is 19.7. The Morgan fingerprint density at radius 3 is 2.55 bits per heavy atom. The molecular formula is C25H31FN2O4S. The number of piperidine rings is 1. The summed E-state index contributed by atoms with van der Waals surface area (Å²) in [5.74, 6) is -0.586. The first-order valence-electron chi connectivity index (χ1n) is 11.6. The van der Waals surface area contributed by atoms with Gasteiger partial charge >= 0.3 is 0 Å². The lowest BCUT2D eigenvalue weighted by molar-refractivity contribution is 0.0486. The predicted molar refractivity (Wildman–Crippen MR) is 124 cm³/mol. The Morgan fingerprint density at radius 2 is 1.88 bits per heavy atom. The molecule has 2 aromatic carbocycles. The summed E-state index contributed by atoms with van der Waals surface area (Å²) in [6, 6.07) is 12.6.